The molecule has 3 N–H and O–H groups in total. The standard InChI is InChI=1S/C26H29F2N3O2/c1-16(2)14-26(30,24(33)31-25(15-29)12-13-25)22(23(27)28)21-10-8-20(9-11-21)19-6-4-18(5-7-19)17(3)32/h4-11,16,22-23H,12-14,30H2,1-3H3,(H,31,33)/t22-,26-/m1/s1. The van der Waals surface area contributed by atoms with Gasteiger partial charge in [-0.15, -0.1) is 0 Å². The molecular formula is C26H29F2N3O2. The third-order valence-corrected chi connectivity index (χ3v) is 6.19. The Morgan fingerprint density at radius 3 is 2.00 bits per heavy atom. The quantitative estimate of drug-likeness (QED) is 0.532. The lowest BCUT2D eigenvalue weighted by atomic mass is 9.74. The molecule has 1 aliphatic rings. The van der Waals surface area contributed by atoms with Crippen LogP contribution in [0.1, 0.15) is 61.9 Å². The summed E-state index contributed by atoms with van der Waals surface area (Å²) in [5.41, 5.74) is 6.07. The molecule has 2 aromatic carbocycles. The van der Waals surface area contributed by atoms with Crippen molar-refractivity contribution in [2.45, 2.75) is 63.5 Å². The number of nitrogens with zero attached hydrogens (tertiary/aromatic N) is 1. The number of nitrogens with two attached hydrogens (primary N) is 1. The molecule has 2 aromatic rings. The predicted octanol–water partition coefficient (Wildman–Crippen LogP) is 4.82. The third-order valence-electron chi connectivity index (χ3n) is 6.19. The Morgan fingerprint density at radius 1 is 1.09 bits per heavy atom. The van der Waals surface area contributed by atoms with Crippen LogP contribution in [0.4, 0.5) is 8.78 Å². The number of hydrogen-bond donors (Lipinski definition) is 2. The van der Waals surface area contributed by atoms with Gasteiger partial charge < -0.3 is 11.1 Å². The molecule has 33 heavy (non-hydrogen) atoms. The molecule has 0 aliphatic heterocycles. The lowest BCUT2D eigenvalue weighted by Gasteiger charge is -2.38. The van der Waals surface area contributed by atoms with Crippen molar-refractivity contribution < 1.29 is 18.4 Å². The summed E-state index contributed by atoms with van der Waals surface area (Å²) in [6, 6.07) is 15.6. The highest BCUT2D eigenvalue weighted by molar-refractivity contribution is 5.94. The number of Topliss-reactive ketones (excluding diaryl/α,β-unsaturated/α-hetero) is 1. The van der Waals surface area contributed by atoms with E-state index in [1.807, 2.05) is 13.8 Å². The van der Waals surface area contributed by atoms with Crippen LogP contribution in [0.15, 0.2) is 48.5 Å². The average Bonchev–Trinajstić information content (AvgIpc) is 3.53. The number of nitrogens with one attached hydrogen (secondary N) is 1. The van der Waals surface area contributed by atoms with Crippen molar-refractivity contribution in [1.29, 1.82) is 5.26 Å². The number of benzene rings is 2. The van der Waals surface area contributed by atoms with Crippen molar-refractivity contribution in [2.24, 2.45) is 11.7 Å². The molecule has 3 rings (SSSR count). The molecular weight excluding hydrogens is 424 g/mol. The Hall–Kier alpha value is -3.11. The van der Waals surface area contributed by atoms with Crippen LogP contribution in [-0.4, -0.2) is 29.2 Å². The van der Waals surface area contributed by atoms with Crippen molar-refractivity contribution in [3.05, 3.63) is 59.7 Å². The van der Waals surface area contributed by atoms with E-state index in [9.17, 15) is 23.6 Å². The third kappa shape index (κ3) is 5.28. The molecule has 0 unspecified atom stereocenters. The lowest BCUT2D eigenvalue weighted by molar-refractivity contribution is -0.130. The molecule has 0 heterocycles. The Balaban J connectivity index is 1.94. The highest BCUT2D eigenvalue weighted by Crippen LogP contribution is 2.40. The van der Waals surface area contributed by atoms with Crippen LogP contribution in [0, 0.1) is 17.2 Å². The van der Waals surface area contributed by atoms with E-state index >= 15 is 0 Å². The fourth-order valence-corrected chi connectivity index (χ4v) is 4.21. The number of nitriles is 1. The van der Waals surface area contributed by atoms with Gasteiger partial charge in [-0.1, -0.05) is 62.4 Å². The molecule has 5 nitrogen and oxygen atoms in total. The average molecular weight is 454 g/mol. The van der Waals surface area contributed by atoms with Crippen LogP contribution in [-0.2, 0) is 4.79 Å². The summed E-state index contributed by atoms with van der Waals surface area (Å²) in [4.78, 5) is 24.6. The van der Waals surface area contributed by atoms with Gasteiger partial charge in [-0.2, -0.15) is 5.26 Å². The zero-order valence-corrected chi connectivity index (χ0v) is 19.1. The number of carbonyl (C=O) groups is 2. The Kier molecular flexibility index (Phi) is 6.99. The van der Waals surface area contributed by atoms with Crippen molar-refractivity contribution in [1.82, 2.24) is 5.32 Å². The molecule has 2 atom stereocenters. The predicted molar refractivity (Wildman–Crippen MR) is 123 cm³/mol. The highest BCUT2D eigenvalue weighted by Gasteiger charge is 2.53. The summed E-state index contributed by atoms with van der Waals surface area (Å²) in [5, 5.41) is 12.0. The molecule has 1 aliphatic carbocycles. The number of carbonyl (C=O) groups excluding carboxylic acids is 2. The topological polar surface area (TPSA) is 96.0 Å². The van der Waals surface area contributed by atoms with Gasteiger partial charge in [-0.25, -0.2) is 8.78 Å². The molecule has 0 radical (unpaired) electrons. The van der Waals surface area contributed by atoms with Crippen molar-refractivity contribution in [3.63, 3.8) is 0 Å². The van der Waals surface area contributed by atoms with Crippen molar-refractivity contribution >= 4 is 11.7 Å². The monoisotopic (exact) mass is 453 g/mol. The number of rotatable bonds is 9. The smallest absolute Gasteiger partial charge is 0.247 e. The molecule has 174 valence electrons. The first kappa shape index (κ1) is 24.5. The van der Waals surface area contributed by atoms with Gasteiger partial charge in [0.05, 0.1) is 12.0 Å². The molecule has 0 spiro atoms. The number of halogens is 2. The van der Waals surface area contributed by atoms with E-state index in [-0.39, 0.29) is 23.7 Å². The lowest BCUT2D eigenvalue weighted by Crippen LogP contribution is -2.62. The largest absolute Gasteiger partial charge is 0.336 e. The van der Waals surface area contributed by atoms with Gasteiger partial charge in [0, 0.05) is 5.56 Å². The second kappa shape index (κ2) is 9.40. The molecule has 0 aromatic heterocycles. The summed E-state index contributed by atoms with van der Waals surface area (Å²) in [7, 11) is 0. The van der Waals surface area contributed by atoms with E-state index in [1.165, 1.54) is 6.92 Å². The van der Waals surface area contributed by atoms with Gasteiger partial charge in [-0.05, 0) is 48.8 Å². The maximum absolute atomic E-state index is 14.4. The number of amides is 1. The van der Waals surface area contributed by atoms with Crippen LogP contribution < -0.4 is 11.1 Å². The van der Waals surface area contributed by atoms with Crippen molar-refractivity contribution in [2.75, 3.05) is 0 Å². The van der Waals surface area contributed by atoms with Crippen LogP contribution in [0.25, 0.3) is 11.1 Å². The van der Waals surface area contributed by atoms with Gasteiger partial charge in [0.1, 0.15) is 11.1 Å². The minimum absolute atomic E-state index is 0.0382. The van der Waals surface area contributed by atoms with E-state index in [4.69, 9.17) is 5.73 Å². The first-order chi connectivity index (χ1) is 15.5. The molecule has 1 fully saturated rings. The summed E-state index contributed by atoms with van der Waals surface area (Å²) in [6.07, 6.45) is -1.85. The first-order valence-electron chi connectivity index (χ1n) is 11.0. The second-order valence-corrected chi connectivity index (χ2v) is 9.35. The maximum atomic E-state index is 14.4. The normalized spacial score (nSPS) is 17.2. The SMILES string of the molecule is CC(=O)c1ccc(-c2ccc([C@H](C(F)F)[C@](N)(CC(C)C)C(=O)NC3(C#N)CC3)cc2)cc1. The minimum Gasteiger partial charge on any atom is -0.336 e. The number of ketones is 1. The number of alkyl halides is 2. The van der Waals surface area contributed by atoms with Gasteiger partial charge in [0.2, 0.25) is 12.3 Å². The Labute approximate surface area is 193 Å². The van der Waals surface area contributed by atoms with E-state index < -0.39 is 29.3 Å². The van der Waals surface area contributed by atoms with E-state index in [0.29, 0.717) is 18.4 Å². The van der Waals surface area contributed by atoms with Crippen LogP contribution >= 0.6 is 0 Å². The Bertz CT molecular complexity index is 1050. The summed E-state index contributed by atoms with van der Waals surface area (Å²) in [6.45, 7) is 5.13. The van der Waals surface area contributed by atoms with Crippen LogP contribution in [0.3, 0.4) is 0 Å². The van der Waals surface area contributed by atoms with E-state index in [0.717, 1.165) is 11.1 Å². The van der Waals surface area contributed by atoms with Crippen molar-refractivity contribution in [3.8, 4) is 17.2 Å². The summed E-state index contributed by atoms with van der Waals surface area (Å²) < 4.78 is 28.8. The fraction of sp³-hybridized carbons (Fsp3) is 0.423. The maximum Gasteiger partial charge on any atom is 0.247 e. The molecule has 0 bridgehead atoms. The van der Waals surface area contributed by atoms with Gasteiger partial charge in [0.15, 0.2) is 5.78 Å². The Morgan fingerprint density at radius 2 is 1.61 bits per heavy atom. The fourth-order valence-electron chi connectivity index (χ4n) is 4.21. The highest BCUT2D eigenvalue weighted by atomic mass is 19.3. The van der Waals surface area contributed by atoms with Crippen LogP contribution in [0.2, 0.25) is 0 Å². The molecule has 1 amide bonds. The summed E-state index contributed by atoms with van der Waals surface area (Å²) in [5.74, 6) is -2.41. The van der Waals surface area contributed by atoms with Crippen LogP contribution in [0.5, 0.6) is 0 Å². The molecule has 1 saturated carbocycles. The molecule has 7 heteroatoms. The zero-order valence-electron chi connectivity index (χ0n) is 19.1. The second-order valence-electron chi connectivity index (χ2n) is 9.35. The zero-order chi connectivity index (χ0) is 24.4. The van der Waals surface area contributed by atoms with E-state index in [2.05, 4.69) is 11.4 Å². The van der Waals surface area contributed by atoms with Gasteiger partial charge in [0.25, 0.3) is 0 Å². The van der Waals surface area contributed by atoms with Gasteiger partial charge >= 0.3 is 0 Å². The first-order valence-corrected chi connectivity index (χ1v) is 11.0. The summed E-state index contributed by atoms with van der Waals surface area (Å²) >= 11 is 0. The number of hydrogen-bond acceptors (Lipinski definition) is 4. The van der Waals surface area contributed by atoms with Gasteiger partial charge in [-0.3, -0.25) is 9.59 Å². The molecule has 0 saturated heterocycles. The van der Waals surface area contributed by atoms with E-state index in [1.54, 1.807) is 48.5 Å². The minimum atomic E-state index is -2.88.